The van der Waals surface area contributed by atoms with E-state index in [4.69, 9.17) is 11.6 Å². The number of benzene rings is 3. The number of halogens is 2. The smallest absolute Gasteiger partial charge is 0.313 e. The van der Waals surface area contributed by atoms with Crippen LogP contribution in [0.25, 0.3) is 11.1 Å². The van der Waals surface area contributed by atoms with E-state index in [2.05, 4.69) is 10.6 Å². The number of hydrogen-bond acceptors (Lipinski definition) is 3. The molecular formula is C23H20ClFN2O3. The van der Waals surface area contributed by atoms with Crippen LogP contribution in [0.2, 0.25) is 5.02 Å². The van der Waals surface area contributed by atoms with E-state index in [1.165, 1.54) is 12.1 Å². The zero-order valence-electron chi connectivity index (χ0n) is 16.2. The average molecular weight is 427 g/mol. The molecule has 3 rings (SSSR count). The van der Waals surface area contributed by atoms with Gasteiger partial charge < -0.3 is 15.7 Å². The molecule has 0 aliphatic carbocycles. The largest absolute Gasteiger partial charge is 0.384 e. The summed E-state index contributed by atoms with van der Waals surface area (Å²) in [4.78, 5) is 24.1. The van der Waals surface area contributed by atoms with Crippen molar-refractivity contribution in [1.29, 1.82) is 0 Å². The SMILES string of the molecule is CC(O)(CNC(=O)C(=O)Nc1ccc(F)c(Cl)c1)c1ccc(-c2ccccc2)cc1. The minimum Gasteiger partial charge on any atom is -0.384 e. The van der Waals surface area contributed by atoms with Gasteiger partial charge in [0, 0.05) is 5.69 Å². The van der Waals surface area contributed by atoms with E-state index in [-0.39, 0.29) is 17.3 Å². The molecule has 0 saturated carbocycles. The molecule has 3 N–H and O–H groups in total. The molecule has 0 heterocycles. The van der Waals surface area contributed by atoms with Gasteiger partial charge in [-0.15, -0.1) is 0 Å². The van der Waals surface area contributed by atoms with Crippen LogP contribution in [0.15, 0.2) is 72.8 Å². The lowest BCUT2D eigenvalue weighted by atomic mass is 9.93. The number of amides is 2. The molecule has 154 valence electrons. The first-order valence-electron chi connectivity index (χ1n) is 9.19. The first-order valence-corrected chi connectivity index (χ1v) is 9.56. The summed E-state index contributed by atoms with van der Waals surface area (Å²) in [5.41, 5.74) is 1.44. The highest BCUT2D eigenvalue weighted by Gasteiger charge is 2.25. The molecule has 0 spiro atoms. The number of carbonyl (C=O) groups excluding carboxylic acids is 2. The zero-order valence-corrected chi connectivity index (χ0v) is 16.9. The van der Waals surface area contributed by atoms with Gasteiger partial charge in [-0.25, -0.2) is 4.39 Å². The molecule has 0 aromatic heterocycles. The van der Waals surface area contributed by atoms with Gasteiger partial charge in [0.25, 0.3) is 0 Å². The van der Waals surface area contributed by atoms with Crippen LogP contribution >= 0.6 is 11.6 Å². The van der Waals surface area contributed by atoms with E-state index in [1.54, 1.807) is 19.1 Å². The van der Waals surface area contributed by atoms with Crippen LogP contribution in [0.1, 0.15) is 12.5 Å². The minimum atomic E-state index is -1.38. The minimum absolute atomic E-state index is 0.171. The fourth-order valence-corrected chi connectivity index (χ4v) is 3.03. The first-order chi connectivity index (χ1) is 14.3. The number of hydrogen-bond donors (Lipinski definition) is 3. The summed E-state index contributed by atoms with van der Waals surface area (Å²) in [5.74, 6) is -2.52. The second-order valence-electron chi connectivity index (χ2n) is 6.98. The van der Waals surface area contributed by atoms with Crippen molar-refractivity contribution in [2.24, 2.45) is 0 Å². The highest BCUT2D eigenvalue weighted by atomic mass is 35.5. The van der Waals surface area contributed by atoms with Crippen LogP contribution < -0.4 is 10.6 Å². The number of nitrogens with one attached hydrogen (secondary N) is 2. The molecule has 0 radical (unpaired) electrons. The lowest BCUT2D eigenvalue weighted by Crippen LogP contribution is -2.43. The molecule has 3 aromatic carbocycles. The Morgan fingerprint density at radius 1 is 0.967 bits per heavy atom. The van der Waals surface area contributed by atoms with Gasteiger partial charge in [-0.3, -0.25) is 9.59 Å². The molecule has 7 heteroatoms. The zero-order chi connectivity index (χ0) is 21.7. The van der Waals surface area contributed by atoms with Crippen molar-refractivity contribution in [3.63, 3.8) is 0 Å². The van der Waals surface area contributed by atoms with E-state index >= 15 is 0 Å². The van der Waals surface area contributed by atoms with E-state index < -0.39 is 23.2 Å². The van der Waals surface area contributed by atoms with Crippen molar-refractivity contribution in [2.45, 2.75) is 12.5 Å². The Morgan fingerprint density at radius 3 is 2.23 bits per heavy atom. The van der Waals surface area contributed by atoms with Gasteiger partial charge >= 0.3 is 11.8 Å². The van der Waals surface area contributed by atoms with Crippen molar-refractivity contribution in [2.75, 3.05) is 11.9 Å². The first kappa shape index (κ1) is 21.5. The molecular weight excluding hydrogens is 407 g/mol. The van der Waals surface area contributed by atoms with Gasteiger partial charge in [-0.1, -0.05) is 66.2 Å². The molecule has 0 aliphatic heterocycles. The van der Waals surface area contributed by atoms with Crippen LogP contribution in [0.5, 0.6) is 0 Å². The molecule has 0 fully saturated rings. The van der Waals surface area contributed by atoms with Gasteiger partial charge in [0.1, 0.15) is 11.4 Å². The molecule has 3 aromatic rings. The third kappa shape index (κ3) is 5.23. The average Bonchev–Trinajstić information content (AvgIpc) is 2.75. The van der Waals surface area contributed by atoms with Crippen LogP contribution in [0.4, 0.5) is 10.1 Å². The maximum Gasteiger partial charge on any atom is 0.313 e. The highest BCUT2D eigenvalue weighted by Crippen LogP contribution is 2.25. The Bertz CT molecular complexity index is 1050. The molecule has 2 amide bonds. The maximum atomic E-state index is 13.2. The highest BCUT2D eigenvalue weighted by molar-refractivity contribution is 6.39. The van der Waals surface area contributed by atoms with Gasteiger partial charge in [0.05, 0.1) is 11.6 Å². The maximum absolute atomic E-state index is 13.2. The van der Waals surface area contributed by atoms with E-state index in [9.17, 15) is 19.1 Å². The van der Waals surface area contributed by atoms with Crippen LogP contribution in [0.3, 0.4) is 0 Å². The lowest BCUT2D eigenvalue weighted by Gasteiger charge is -2.24. The van der Waals surface area contributed by atoms with E-state index in [1.807, 2.05) is 42.5 Å². The number of aliphatic hydroxyl groups is 1. The Morgan fingerprint density at radius 2 is 1.60 bits per heavy atom. The van der Waals surface area contributed by atoms with Crippen molar-refractivity contribution in [3.8, 4) is 11.1 Å². The number of carbonyl (C=O) groups is 2. The van der Waals surface area contributed by atoms with Gasteiger partial charge in [0.15, 0.2) is 0 Å². The summed E-state index contributed by atoms with van der Waals surface area (Å²) < 4.78 is 13.2. The van der Waals surface area contributed by atoms with Crippen LogP contribution in [-0.2, 0) is 15.2 Å². The summed E-state index contributed by atoms with van der Waals surface area (Å²) in [7, 11) is 0. The molecule has 1 atom stereocenters. The molecule has 0 saturated heterocycles. The topological polar surface area (TPSA) is 78.4 Å². The summed E-state index contributed by atoms with van der Waals surface area (Å²) in [6.45, 7) is 1.37. The molecule has 5 nitrogen and oxygen atoms in total. The van der Waals surface area contributed by atoms with E-state index in [0.717, 1.165) is 17.2 Å². The third-order valence-corrected chi connectivity index (χ3v) is 4.88. The van der Waals surface area contributed by atoms with Crippen LogP contribution in [0, 0.1) is 5.82 Å². The second kappa shape index (κ2) is 9.07. The summed E-state index contributed by atoms with van der Waals surface area (Å²) >= 11 is 5.66. The molecule has 0 bridgehead atoms. The number of anilines is 1. The lowest BCUT2D eigenvalue weighted by molar-refractivity contribution is -0.136. The van der Waals surface area contributed by atoms with Gasteiger partial charge in [-0.05, 0) is 41.8 Å². The van der Waals surface area contributed by atoms with Crippen LogP contribution in [-0.4, -0.2) is 23.5 Å². The van der Waals surface area contributed by atoms with Crippen molar-refractivity contribution >= 4 is 29.1 Å². The quantitative estimate of drug-likeness (QED) is 0.537. The molecule has 0 aliphatic rings. The fourth-order valence-electron chi connectivity index (χ4n) is 2.85. The normalized spacial score (nSPS) is 12.7. The van der Waals surface area contributed by atoms with Crippen molar-refractivity contribution in [3.05, 3.63) is 89.2 Å². The Hall–Kier alpha value is -3.22. The Kier molecular flexibility index (Phi) is 6.50. The van der Waals surface area contributed by atoms with Crippen molar-refractivity contribution in [1.82, 2.24) is 5.32 Å². The van der Waals surface area contributed by atoms with E-state index in [0.29, 0.717) is 5.56 Å². The second-order valence-corrected chi connectivity index (χ2v) is 7.39. The predicted octanol–water partition coefficient (Wildman–Crippen LogP) is 4.11. The fraction of sp³-hybridized carbons (Fsp3) is 0.130. The summed E-state index contributed by atoms with van der Waals surface area (Å²) in [6, 6.07) is 20.7. The molecule has 1 unspecified atom stereocenters. The Labute approximate surface area is 178 Å². The monoisotopic (exact) mass is 426 g/mol. The molecule has 30 heavy (non-hydrogen) atoms. The Balaban J connectivity index is 1.60. The predicted molar refractivity (Wildman–Crippen MR) is 114 cm³/mol. The standard InChI is InChI=1S/C23H20ClFN2O3/c1-23(30,17-9-7-16(8-10-17)15-5-3-2-4-6-15)14-26-21(28)22(29)27-18-11-12-20(25)19(24)13-18/h2-13,30H,14H2,1H3,(H,26,28)(H,27,29). The summed E-state index contributed by atoms with van der Waals surface area (Å²) in [6.07, 6.45) is 0. The van der Waals surface area contributed by atoms with Gasteiger partial charge in [-0.2, -0.15) is 0 Å². The van der Waals surface area contributed by atoms with Crippen molar-refractivity contribution < 1.29 is 19.1 Å². The number of rotatable bonds is 5. The van der Waals surface area contributed by atoms with Gasteiger partial charge in [0.2, 0.25) is 0 Å². The third-order valence-electron chi connectivity index (χ3n) is 4.59. The summed E-state index contributed by atoms with van der Waals surface area (Å²) in [5, 5.41) is 15.3.